The Morgan fingerprint density at radius 1 is 1.08 bits per heavy atom. The summed E-state index contributed by atoms with van der Waals surface area (Å²) in [6, 6.07) is 8.84. The summed E-state index contributed by atoms with van der Waals surface area (Å²) in [5.74, 6) is 0. The summed E-state index contributed by atoms with van der Waals surface area (Å²) >= 11 is 2.35. The quantitative estimate of drug-likeness (QED) is 0.717. The van der Waals surface area contributed by atoms with Crippen LogP contribution in [0.1, 0.15) is 12.8 Å². The topological polar surface area (TPSA) is 3.24 Å². The first-order valence-electron chi connectivity index (χ1n) is 4.78. The van der Waals surface area contributed by atoms with Crippen molar-refractivity contribution in [3.05, 3.63) is 27.8 Å². The Morgan fingerprint density at radius 3 is 2.23 bits per heavy atom. The molecule has 0 aromatic heterocycles. The minimum Gasteiger partial charge on any atom is -0.370 e. The SMILES string of the molecule is Ic1ccc(N2CC3(CC3)C2)cc1. The van der Waals surface area contributed by atoms with E-state index in [2.05, 4.69) is 51.8 Å². The van der Waals surface area contributed by atoms with Crippen LogP contribution in [-0.2, 0) is 0 Å². The average Bonchev–Trinajstić information content (AvgIpc) is 2.83. The molecule has 2 aliphatic rings. The summed E-state index contributed by atoms with van der Waals surface area (Å²) in [5, 5.41) is 0. The first-order valence-corrected chi connectivity index (χ1v) is 5.86. The summed E-state index contributed by atoms with van der Waals surface area (Å²) in [5.41, 5.74) is 2.17. The van der Waals surface area contributed by atoms with Gasteiger partial charge in [0.25, 0.3) is 0 Å². The molecule has 1 aromatic rings. The Labute approximate surface area is 92.3 Å². The van der Waals surface area contributed by atoms with Crippen LogP contribution in [0.4, 0.5) is 5.69 Å². The molecule has 0 bridgehead atoms. The molecule has 2 fully saturated rings. The number of nitrogens with zero attached hydrogens (tertiary/aromatic N) is 1. The normalized spacial score (nSPS) is 23.0. The predicted molar refractivity (Wildman–Crippen MR) is 63.0 cm³/mol. The van der Waals surface area contributed by atoms with Crippen LogP contribution in [0.3, 0.4) is 0 Å². The van der Waals surface area contributed by atoms with Gasteiger partial charge in [-0.05, 0) is 59.7 Å². The van der Waals surface area contributed by atoms with Crippen molar-refractivity contribution in [1.82, 2.24) is 0 Å². The van der Waals surface area contributed by atoms with E-state index in [1.54, 1.807) is 0 Å². The molecule has 0 amide bonds. The van der Waals surface area contributed by atoms with Crippen molar-refractivity contribution < 1.29 is 0 Å². The molecule has 68 valence electrons. The van der Waals surface area contributed by atoms with Crippen molar-refractivity contribution in [1.29, 1.82) is 0 Å². The van der Waals surface area contributed by atoms with Crippen LogP contribution in [-0.4, -0.2) is 13.1 Å². The van der Waals surface area contributed by atoms with Crippen molar-refractivity contribution in [2.75, 3.05) is 18.0 Å². The van der Waals surface area contributed by atoms with Gasteiger partial charge in [0.05, 0.1) is 0 Å². The summed E-state index contributed by atoms with van der Waals surface area (Å²) < 4.78 is 1.32. The highest BCUT2D eigenvalue weighted by molar-refractivity contribution is 14.1. The van der Waals surface area contributed by atoms with Gasteiger partial charge in [-0.1, -0.05) is 0 Å². The molecule has 0 radical (unpaired) electrons. The highest BCUT2D eigenvalue weighted by Gasteiger charge is 2.52. The Balaban J connectivity index is 1.75. The van der Waals surface area contributed by atoms with Crippen LogP contribution < -0.4 is 4.90 Å². The Kier molecular flexibility index (Phi) is 1.63. The third-order valence-electron chi connectivity index (χ3n) is 3.20. The third-order valence-corrected chi connectivity index (χ3v) is 3.92. The molecular weight excluding hydrogens is 273 g/mol. The molecule has 0 atom stereocenters. The summed E-state index contributed by atoms with van der Waals surface area (Å²) in [4.78, 5) is 2.49. The fraction of sp³-hybridized carbons (Fsp3) is 0.455. The van der Waals surface area contributed by atoms with Crippen molar-refractivity contribution in [3.63, 3.8) is 0 Å². The molecule has 1 aliphatic carbocycles. The van der Waals surface area contributed by atoms with Crippen molar-refractivity contribution in [2.45, 2.75) is 12.8 Å². The minimum absolute atomic E-state index is 0.767. The number of rotatable bonds is 1. The lowest BCUT2D eigenvalue weighted by Crippen LogP contribution is -2.48. The minimum atomic E-state index is 0.767. The zero-order valence-electron chi connectivity index (χ0n) is 7.46. The monoisotopic (exact) mass is 285 g/mol. The van der Waals surface area contributed by atoms with Gasteiger partial charge in [-0.15, -0.1) is 0 Å². The first-order chi connectivity index (χ1) is 6.27. The van der Waals surface area contributed by atoms with E-state index in [1.165, 1.54) is 35.2 Å². The Morgan fingerprint density at radius 2 is 1.69 bits per heavy atom. The van der Waals surface area contributed by atoms with Gasteiger partial charge in [-0.25, -0.2) is 0 Å². The van der Waals surface area contributed by atoms with E-state index in [4.69, 9.17) is 0 Å². The number of anilines is 1. The first kappa shape index (κ1) is 8.09. The maximum atomic E-state index is 2.49. The second-order valence-electron chi connectivity index (χ2n) is 4.33. The van der Waals surface area contributed by atoms with Crippen LogP contribution in [0.5, 0.6) is 0 Å². The maximum Gasteiger partial charge on any atom is 0.0367 e. The molecule has 1 aromatic carbocycles. The molecule has 1 nitrogen and oxygen atoms in total. The lowest BCUT2D eigenvalue weighted by Gasteiger charge is -2.41. The second kappa shape index (κ2) is 2.62. The molecule has 1 saturated heterocycles. The highest BCUT2D eigenvalue weighted by atomic mass is 127. The summed E-state index contributed by atoms with van der Waals surface area (Å²) in [7, 11) is 0. The molecule has 3 rings (SSSR count). The van der Waals surface area contributed by atoms with Crippen LogP contribution in [0.15, 0.2) is 24.3 Å². The lowest BCUT2D eigenvalue weighted by molar-refractivity contribution is 0.387. The predicted octanol–water partition coefficient (Wildman–Crippen LogP) is 2.89. The van der Waals surface area contributed by atoms with Crippen LogP contribution >= 0.6 is 22.6 Å². The Bertz CT molecular complexity index is 318. The van der Waals surface area contributed by atoms with Gasteiger partial charge < -0.3 is 4.90 Å². The number of halogens is 1. The third kappa shape index (κ3) is 1.35. The van der Waals surface area contributed by atoms with Gasteiger partial charge in [0, 0.05) is 27.8 Å². The molecule has 1 saturated carbocycles. The molecule has 1 heterocycles. The number of benzene rings is 1. The van der Waals surface area contributed by atoms with E-state index >= 15 is 0 Å². The zero-order chi connectivity index (χ0) is 8.89. The van der Waals surface area contributed by atoms with Gasteiger partial charge in [-0.2, -0.15) is 0 Å². The molecule has 1 aliphatic heterocycles. The standard InChI is InChI=1S/C11H12IN/c12-9-1-3-10(4-2-9)13-7-11(8-13)5-6-11/h1-4H,5-8H2. The zero-order valence-corrected chi connectivity index (χ0v) is 9.62. The molecule has 1 spiro atoms. The maximum absolute atomic E-state index is 2.49. The van der Waals surface area contributed by atoms with Gasteiger partial charge >= 0.3 is 0 Å². The molecular formula is C11H12IN. The van der Waals surface area contributed by atoms with Gasteiger partial charge in [0.15, 0.2) is 0 Å². The molecule has 13 heavy (non-hydrogen) atoms. The number of hydrogen-bond donors (Lipinski definition) is 0. The fourth-order valence-corrected chi connectivity index (χ4v) is 2.45. The van der Waals surface area contributed by atoms with Crippen LogP contribution in [0.2, 0.25) is 0 Å². The van der Waals surface area contributed by atoms with E-state index in [9.17, 15) is 0 Å². The van der Waals surface area contributed by atoms with Crippen LogP contribution in [0, 0.1) is 8.99 Å². The Hall–Kier alpha value is -0.250. The van der Waals surface area contributed by atoms with Crippen molar-refractivity contribution in [3.8, 4) is 0 Å². The largest absolute Gasteiger partial charge is 0.370 e. The average molecular weight is 285 g/mol. The van der Waals surface area contributed by atoms with E-state index in [0.29, 0.717) is 0 Å². The molecule has 0 unspecified atom stereocenters. The second-order valence-corrected chi connectivity index (χ2v) is 5.58. The van der Waals surface area contributed by atoms with E-state index < -0.39 is 0 Å². The highest BCUT2D eigenvalue weighted by Crippen LogP contribution is 2.53. The summed E-state index contributed by atoms with van der Waals surface area (Å²) in [6.45, 7) is 2.60. The van der Waals surface area contributed by atoms with E-state index in [1.807, 2.05) is 0 Å². The van der Waals surface area contributed by atoms with Crippen molar-refractivity contribution in [2.24, 2.45) is 5.41 Å². The summed E-state index contributed by atoms with van der Waals surface area (Å²) in [6.07, 6.45) is 2.93. The smallest absolute Gasteiger partial charge is 0.0367 e. The van der Waals surface area contributed by atoms with Gasteiger partial charge in [0.1, 0.15) is 0 Å². The van der Waals surface area contributed by atoms with Gasteiger partial charge in [-0.3, -0.25) is 0 Å². The van der Waals surface area contributed by atoms with E-state index in [0.717, 1.165) is 5.41 Å². The van der Waals surface area contributed by atoms with E-state index in [-0.39, 0.29) is 0 Å². The van der Waals surface area contributed by atoms with Crippen LogP contribution in [0.25, 0.3) is 0 Å². The fourth-order valence-electron chi connectivity index (χ4n) is 2.09. The molecule has 2 heteroatoms. The van der Waals surface area contributed by atoms with Gasteiger partial charge in [0.2, 0.25) is 0 Å². The molecule has 0 N–H and O–H groups in total. The lowest BCUT2D eigenvalue weighted by atomic mass is 9.96. The number of hydrogen-bond acceptors (Lipinski definition) is 1. The van der Waals surface area contributed by atoms with Crippen molar-refractivity contribution >= 4 is 28.3 Å².